The number of hydrogen-bond acceptors (Lipinski definition) is 4. The molecule has 4 aromatic heterocycles. The monoisotopic (exact) mass is 889 g/mol. The summed E-state index contributed by atoms with van der Waals surface area (Å²) < 4.78 is 10.2. The Kier molecular flexibility index (Phi) is 9.27. The molecule has 0 fully saturated rings. The normalized spacial score (nSPS) is 11.4. The van der Waals surface area contributed by atoms with Crippen molar-refractivity contribution in [2.45, 2.75) is 24.2 Å². The molecule has 0 saturated heterocycles. The second-order valence-corrected chi connectivity index (χ2v) is 23.8. The third-order valence-corrected chi connectivity index (χ3v) is 13.1. The SMILES string of the molecule is Cc1nc2ccccc2c2nc(-c3[c-]ccc4c3oc3c[c]([Ge]([CH3])([CH3])[CH3])ccc34)n(-c3ccccc3)c12.[Ir].[c-]1ccccc1-c1ccccn1. The van der Waals surface area contributed by atoms with Gasteiger partial charge in [0, 0.05) is 26.3 Å². The molecule has 1 radical (unpaired) electrons. The molecule has 7 heteroatoms. The number of para-hydroxylation sites is 2. The number of aryl methyl sites for hydroxylation is 1. The first-order chi connectivity index (χ1) is 23.9. The molecule has 9 aromatic rings. The van der Waals surface area contributed by atoms with Crippen molar-refractivity contribution in [1.82, 2.24) is 19.5 Å². The van der Waals surface area contributed by atoms with Gasteiger partial charge in [-0.05, 0) is 11.8 Å². The van der Waals surface area contributed by atoms with Crippen molar-refractivity contribution in [3.8, 4) is 28.3 Å². The second-order valence-electron chi connectivity index (χ2n) is 13.2. The molecular formula is C43H34GeIrN4O-2. The molecule has 5 nitrogen and oxygen atoms in total. The van der Waals surface area contributed by atoms with Crippen molar-refractivity contribution in [2.75, 3.05) is 0 Å². The van der Waals surface area contributed by atoms with Gasteiger partial charge in [0.25, 0.3) is 0 Å². The molecule has 9 rings (SSSR count). The quantitative estimate of drug-likeness (QED) is 0.131. The van der Waals surface area contributed by atoms with Crippen LogP contribution in [0.4, 0.5) is 0 Å². The van der Waals surface area contributed by atoms with E-state index >= 15 is 0 Å². The third-order valence-electron chi connectivity index (χ3n) is 8.85. The summed E-state index contributed by atoms with van der Waals surface area (Å²) in [4.78, 5) is 14.4. The number of imidazole rings is 1. The first-order valence-electron chi connectivity index (χ1n) is 16.5. The van der Waals surface area contributed by atoms with Crippen LogP contribution in [0.5, 0.6) is 0 Å². The molecule has 0 bridgehead atoms. The van der Waals surface area contributed by atoms with Gasteiger partial charge in [-0.15, -0.1) is 35.9 Å². The van der Waals surface area contributed by atoms with Crippen LogP contribution < -0.4 is 4.40 Å². The van der Waals surface area contributed by atoms with Gasteiger partial charge in [0.1, 0.15) is 0 Å². The Morgan fingerprint density at radius 2 is 1.48 bits per heavy atom. The van der Waals surface area contributed by atoms with Crippen molar-refractivity contribution in [3.63, 3.8) is 0 Å². The summed E-state index contributed by atoms with van der Waals surface area (Å²) in [5.74, 6) is 8.03. The second kappa shape index (κ2) is 13.8. The minimum atomic E-state index is -2.01. The van der Waals surface area contributed by atoms with Crippen molar-refractivity contribution < 1.29 is 24.5 Å². The van der Waals surface area contributed by atoms with Gasteiger partial charge in [-0.2, -0.15) is 0 Å². The molecule has 50 heavy (non-hydrogen) atoms. The van der Waals surface area contributed by atoms with Crippen LogP contribution in [0.25, 0.3) is 72.2 Å². The fourth-order valence-electron chi connectivity index (χ4n) is 6.39. The summed E-state index contributed by atoms with van der Waals surface area (Å²) in [5.41, 5.74) is 9.48. The Labute approximate surface area is 307 Å². The zero-order valence-electron chi connectivity index (χ0n) is 28.2. The van der Waals surface area contributed by atoms with E-state index in [2.05, 4.69) is 100 Å². The van der Waals surface area contributed by atoms with Crippen molar-refractivity contribution in [3.05, 3.63) is 151 Å². The first kappa shape index (κ1) is 33.6. The molecule has 5 aromatic carbocycles. The van der Waals surface area contributed by atoms with Crippen LogP contribution in [-0.2, 0) is 20.1 Å². The molecule has 0 unspecified atom stereocenters. The number of aromatic nitrogens is 4. The Balaban J connectivity index is 0.000000255. The van der Waals surface area contributed by atoms with E-state index in [1.54, 1.807) is 6.20 Å². The van der Waals surface area contributed by atoms with E-state index in [9.17, 15) is 0 Å². The predicted molar refractivity (Wildman–Crippen MR) is 204 cm³/mol. The summed E-state index contributed by atoms with van der Waals surface area (Å²) >= 11 is -2.01. The number of fused-ring (bicyclic) bond motifs is 6. The van der Waals surface area contributed by atoms with E-state index < -0.39 is 13.3 Å². The Morgan fingerprint density at radius 1 is 0.700 bits per heavy atom. The van der Waals surface area contributed by atoms with Crippen LogP contribution in [0.3, 0.4) is 0 Å². The minimum absolute atomic E-state index is 0. The maximum absolute atomic E-state index is 6.61. The van der Waals surface area contributed by atoms with Crippen LogP contribution >= 0.6 is 0 Å². The summed E-state index contributed by atoms with van der Waals surface area (Å²) in [7, 11) is 0. The van der Waals surface area contributed by atoms with E-state index in [1.807, 2.05) is 72.8 Å². The predicted octanol–water partition coefficient (Wildman–Crippen LogP) is 10.3. The number of hydrogen-bond donors (Lipinski definition) is 0. The van der Waals surface area contributed by atoms with Crippen molar-refractivity contribution >= 4 is 61.5 Å². The number of pyridine rings is 2. The maximum atomic E-state index is 6.61. The van der Waals surface area contributed by atoms with Gasteiger partial charge in [-0.25, -0.2) is 0 Å². The average Bonchev–Trinajstić information content (AvgIpc) is 3.73. The zero-order chi connectivity index (χ0) is 33.5. The fraction of sp³-hybridized carbons (Fsp3) is 0.0930. The van der Waals surface area contributed by atoms with Gasteiger partial charge < -0.3 is 4.98 Å². The molecule has 0 aliphatic heterocycles. The zero-order valence-corrected chi connectivity index (χ0v) is 32.7. The smallest absolute Gasteiger partial charge is 0.0160 e. The van der Waals surface area contributed by atoms with E-state index in [0.29, 0.717) is 0 Å². The van der Waals surface area contributed by atoms with Crippen molar-refractivity contribution in [2.24, 2.45) is 0 Å². The fourth-order valence-corrected chi connectivity index (χ4v) is 8.80. The van der Waals surface area contributed by atoms with E-state index in [1.165, 1.54) is 4.40 Å². The third kappa shape index (κ3) is 6.20. The van der Waals surface area contributed by atoms with Gasteiger partial charge in [0.15, 0.2) is 0 Å². The molecule has 0 spiro atoms. The molecule has 247 valence electrons. The summed E-state index contributed by atoms with van der Waals surface area (Å²) in [6.45, 7) is 2.06. The topological polar surface area (TPSA) is 56.7 Å². The number of benzene rings is 5. The molecule has 0 atom stereocenters. The Hall–Kier alpha value is -4.88. The van der Waals surface area contributed by atoms with Crippen LogP contribution in [0.2, 0.25) is 17.3 Å². The van der Waals surface area contributed by atoms with Gasteiger partial charge in [-0.1, -0.05) is 18.2 Å². The van der Waals surface area contributed by atoms with Gasteiger partial charge in [0.05, 0.1) is 0 Å². The van der Waals surface area contributed by atoms with E-state index in [-0.39, 0.29) is 20.1 Å². The first-order valence-corrected chi connectivity index (χ1v) is 23.8. The Bertz CT molecular complexity index is 2560. The number of furan rings is 1. The maximum Gasteiger partial charge on any atom is 0.0160 e. The van der Waals surface area contributed by atoms with E-state index in [4.69, 9.17) is 14.4 Å². The van der Waals surface area contributed by atoms with Gasteiger partial charge in [-0.3, -0.25) is 0 Å². The molecule has 0 aliphatic rings. The minimum Gasteiger partial charge on any atom is -0.305 e. The molecule has 0 amide bonds. The summed E-state index contributed by atoms with van der Waals surface area (Å²) in [6.07, 6.45) is 1.79. The molecule has 0 aliphatic carbocycles. The molecule has 0 N–H and O–H groups in total. The molecule has 4 heterocycles. The van der Waals surface area contributed by atoms with Gasteiger partial charge in [0.2, 0.25) is 0 Å². The van der Waals surface area contributed by atoms with Crippen molar-refractivity contribution in [1.29, 1.82) is 0 Å². The summed E-state index contributed by atoms with van der Waals surface area (Å²) in [6, 6.07) is 49.7. The van der Waals surface area contributed by atoms with Crippen LogP contribution in [0.1, 0.15) is 5.69 Å². The average molecular weight is 888 g/mol. The van der Waals surface area contributed by atoms with Gasteiger partial charge >= 0.3 is 212 Å². The van der Waals surface area contributed by atoms with E-state index in [0.717, 1.165) is 77.9 Å². The number of rotatable bonds is 4. The molecular weight excluding hydrogens is 853 g/mol. The number of nitrogens with zero attached hydrogens (tertiary/aromatic N) is 4. The largest absolute Gasteiger partial charge is 0.305 e. The van der Waals surface area contributed by atoms with Crippen LogP contribution in [0, 0.1) is 19.1 Å². The summed E-state index contributed by atoms with van der Waals surface area (Å²) in [5, 5.41) is 3.26. The van der Waals surface area contributed by atoms with Crippen LogP contribution in [-0.4, -0.2) is 32.8 Å². The Morgan fingerprint density at radius 3 is 2.24 bits per heavy atom. The standard InChI is InChI=1S/C32H26GeN3O.C11H8N.Ir/c1-20-30-29(25-13-8-9-16-27(25)34-20)35-32(36(30)22-11-6-5-7-12-22)26-15-10-14-24-23-18-17-21(33(2,3)4)19-28(23)37-31(24)26;1-2-6-10(7-3-1)11-8-4-5-9-12-11;/h5-14,16-19H,1-4H3;1-6,8-9H;/q2*-1;. The van der Waals surface area contributed by atoms with Crippen LogP contribution in [0.15, 0.2) is 138 Å². The molecule has 0 saturated carbocycles.